The average Bonchev–Trinajstić information content (AvgIpc) is 2.72. The van der Waals surface area contributed by atoms with Crippen LogP contribution in [-0.2, 0) is 9.53 Å². The molecular formula is C13H11NO3. The molecule has 0 bridgehead atoms. The van der Waals surface area contributed by atoms with E-state index in [1.54, 1.807) is 30.3 Å². The van der Waals surface area contributed by atoms with Gasteiger partial charge in [0.2, 0.25) is 0 Å². The lowest BCUT2D eigenvalue weighted by atomic mass is 9.82. The van der Waals surface area contributed by atoms with Gasteiger partial charge in [-0.05, 0) is 0 Å². The van der Waals surface area contributed by atoms with Crippen LogP contribution in [-0.4, -0.2) is 18.4 Å². The first-order valence-electron chi connectivity index (χ1n) is 5.35. The van der Waals surface area contributed by atoms with Crippen molar-refractivity contribution in [2.45, 2.75) is 12.8 Å². The molecular weight excluding hydrogens is 218 g/mol. The summed E-state index contributed by atoms with van der Waals surface area (Å²) < 4.78 is 4.78. The first kappa shape index (κ1) is 11.3. The molecule has 1 atom stereocenters. The normalized spacial score (nSPS) is 22.9. The molecule has 4 nitrogen and oxygen atoms in total. The molecule has 1 aliphatic heterocycles. The van der Waals surface area contributed by atoms with Crippen molar-refractivity contribution >= 4 is 11.8 Å². The van der Waals surface area contributed by atoms with Gasteiger partial charge in [-0.3, -0.25) is 9.59 Å². The van der Waals surface area contributed by atoms with Gasteiger partial charge in [-0.1, -0.05) is 30.3 Å². The fourth-order valence-electron chi connectivity index (χ4n) is 1.86. The number of hydrogen-bond acceptors (Lipinski definition) is 4. The van der Waals surface area contributed by atoms with E-state index >= 15 is 0 Å². The number of nitriles is 1. The largest absolute Gasteiger partial charge is 0.464 e. The van der Waals surface area contributed by atoms with Crippen molar-refractivity contribution in [2.24, 2.45) is 5.41 Å². The van der Waals surface area contributed by atoms with Crippen molar-refractivity contribution in [3.05, 3.63) is 35.9 Å². The summed E-state index contributed by atoms with van der Waals surface area (Å²) in [4.78, 5) is 23.4. The lowest BCUT2D eigenvalue weighted by Crippen LogP contribution is -2.27. The first-order valence-corrected chi connectivity index (χ1v) is 5.35. The number of Topliss-reactive ketones (excluding diaryl/α,β-unsaturated/α-hetero) is 1. The molecule has 1 aromatic rings. The van der Waals surface area contributed by atoms with Crippen LogP contribution in [0.1, 0.15) is 23.2 Å². The summed E-state index contributed by atoms with van der Waals surface area (Å²) in [7, 11) is 0. The lowest BCUT2D eigenvalue weighted by molar-refractivity contribution is -0.143. The minimum absolute atomic E-state index is 0.105. The predicted molar refractivity (Wildman–Crippen MR) is 59.0 cm³/mol. The number of benzene rings is 1. The Hall–Kier alpha value is -2.15. The molecule has 1 fully saturated rings. The van der Waals surface area contributed by atoms with Crippen LogP contribution in [0.25, 0.3) is 0 Å². The second-order valence-corrected chi connectivity index (χ2v) is 4.05. The molecule has 1 aliphatic rings. The average molecular weight is 229 g/mol. The molecule has 1 heterocycles. The minimum Gasteiger partial charge on any atom is -0.464 e. The minimum atomic E-state index is -1.28. The fourth-order valence-corrected chi connectivity index (χ4v) is 1.86. The Kier molecular flexibility index (Phi) is 2.92. The summed E-state index contributed by atoms with van der Waals surface area (Å²) in [5, 5.41) is 9.08. The molecule has 1 aromatic carbocycles. The lowest BCUT2D eigenvalue weighted by Gasteiger charge is -2.14. The maximum atomic E-state index is 12.0. The molecule has 0 N–H and O–H groups in total. The van der Waals surface area contributed by atoms with E-state index in [4.69, 9.17) is 10.00 Å². The third-order valence-electron chi connectivity index (χ3n) is 2.92. The van der Waals surface area contributed by atoms with Gasteiger partial charge < -0.3 is 4.74 Å². The van der Waals surface area contributed by atoms with Crippen LogP contribution >= 0.6 is 0 Å². The monoisotopic (exact) mass is 229 g/mol. The fraction of sp³-hybridized carbons (Fsp3) is 0.308. The first-order chi connectivity index (χ1) is 8.18. The van der Waals surface area contributed by atoms with Crippen LogP contribution in [0.2, 0.25) is 0 Å². The number of esters is 1. The molecule has 86 valence electrons. The van der Waals surface area contributed by atoms with Gasteiger partial charge in [0.05, 0.1) is 12.7 Å². The van der Waals surface area contributed by atoms with Crippen LogP contribution in [0.4, 0.5) is 0 Å². The molecule has 0 aliphatic carbocycles. The second-order valence-electron chi connectivity index (χ2n) is 4.05. The standard InChI is InChI=1S/C13H11NO3/c14-9-13(6-7-17-12(13)16)8-11(15)10-4-2-1-3-5-10/h1-5H,6-8H2. The van der Waals surface area contributed by atoms with Gasteiger partial charge >= 0.3 is 5.97 Å². The van der Waals surface area contributed by atoms with Crippen LogP contribution in [0, 0.1) is 16.7 Å². The van der Waals surface area contributed by atoms with Crippen LogP contribution in [0.15, 0.2) is 30.3 Å². The van der Waals surface area contributed by atoms with Gasteiger partial charge in [0.15, 0.2) is 11.2 Å². The maximum Gasteiger partial charge on any atom is 0.327 e. The van der Waals surface area contributed by atoms with Gasteiger partial charge in [0.1, 0.15) is 0 Å². The quantitative estimate of drug-likeness (QED) is 0.584. The molecule has 0 spiro atoms. The Balaban J connectivity index is 2.19. The molecule has 17 heavy (non-hydrogen) atoms. The summed E-state index contributed by atoms with van der Waals surface area (Å²) in [6.07, 6.45) is 0.188. The van der Waals surface area contributed by atoms with Crippen LogP contribution < -0.4 is 0 Å². The van der Waals surface area contributed by atoms with Crippen molar-refractivity contribution in [1.29, 1.82) is 5.26 Å². The third-order valence-corrected chi connectivity index (χ3v) is 2.92. The Morgan fingerprint density at radius 2 is 2.12 bits per heavy atom. The van der Waals surface area contributed by atoms with E-state index < -0.39 is 11.4 Å². The summed E-state index contributed by atoms with van der Waals surface area (Å²) in [6, 6.07) is 10.6. The Bertz CT molecular complexity index is 489. The summed E-state index contributed by atoms with van der Waals surface area (Å²) in [5.74, 6) is -0.782. The molecule has 0 saturated carbocycles. The zero-order valence-electron chi connectivity index (χ0n) is 9.18. The van der Waals surface area contributed by atoms with E-state index in [-0.39, 0.29) is 18.8 Å². The topological polar surface area (TPSA) is 67.2 Å². The number of carbonyl (C=O) groups excluding carboxylic acids is 2. The number of nitrogens with zero attached hydrogens (tertiary/aromatic N) is 1. The highest BCUT2D eigenvalue weighted by atomic mass is 16.5. The Morgan fingerprint density at radius 1 is 1.41 bits per heavy atom. The summed E-state index contributed by atoms with van der Waals surface area (Å²) in [5.41, 5.74) is -0.769. The highest BCUT2D eigenvalue weighted by Gasteiger charge is 2.46. The SMILES string of the molecule is N#CC1(CC(=O)c2ccccc2)CCOC1=O. The van der Waals surface area contributed by atoms with Gasteiger partial charge in [0, 0.05) is 18.4 Å². The summed E-state index contributed by atoms with van der Waals surface area (Å²) in [6.45, 7) is 0.217. The van der Waals surface area contributed by atoms with E-state index in [1.165, 1.54) is 0 Å². The zero-order chi connectivity index (χ0) is 12.3. The molecule has 1 saturated heterocycles. The maximum absolute atomic E-state index is 12.0. The van der Waals surface area contributed by atoms with Crippen molar-refractivity contribution < 1.29 is 14.3 Å². The number of carbonyl (C=O) groups is 2. The number of rotatable bonds is 3. The van der Waals surface area contributed by atoms with E-state index in [0.717, 1.165) is 0 Å². The van der Waals surface area contributed by atoms with Crippen molar-refractivity contribution in [3.63, 3.8) is 0 Å². The van der Waals surface area contributed by atoms with E-state index in [0.29, 0.717) is 12.0 Å². The van der Waals surface area contributed by atoms with E-state index in [9.17, 15) is 9.59 Å². The molecule has 0 aromatic heterocycles. The Labute approximate surface area is 98.8 Å². The van der Waals surface area contributed by atoms with Gasteiger partial charge in [-0.15, -0.1) is 0 Å². The third kappa shape index (κ3) is 2.04. The number of ketones is 1. The van der Waals surface area contributed by atoms with Gasteiger partial charge in [-0.2, -0.15) is 5.26 Å². The van der Waals surface area contributed by atoms with Crippen molar-refractivity contribution in [3.8, 4) is 6.07 Å². The van der Waals surface area contributed by atoms with Crippen LogP contribution in [0.5, 0.6) is 0 Å². The zero-order valence-corrected chi connectivity index (χ0v) is 9.18. The molecule has 0 amide bonds. The highest BCUT2D eigenvalue weighted by Crippen LogP contribution is 2.34. The molecule has 2 rings (SSSR count). The molecule has 0 radical (unpaired) electrons. The highest BCUT2D eigenvalue weighted by molar-refractivity contribution is 6.00. The van der Waals surface area contributed by atoms with Gasteiger partial charge in [-0.25, -0.2) is 0 Å². The van der Waals surface area contributed by atoms with Crippen molar-refractivity contribution in [2.75, 3.05) is 6.61 Å². The van der Waals surface area contributed by atoms with Crippen LogP contribution in [0.3, 0.4) is 0 Å². The Morgan fingerprint density at radius 3 is 2.65 bits per heavy atom. The van der Waals surface area contributed by atoms with E-state index in [2.05, 4.69) is 0 Å². The number of hydrogen-bond donors (Lipinski definition) is 0. The smallest absolute Gasteiger partial charge is 0.327 e. The molecule has 1 unspecified atom stereocenters. The number of cyclic esters (lactones) is 1. The van der Waals surface area contributed by atoms with Gasteiger partial charge in [0.25, 0.3) is 0 Å². The number of ether oxygens (including phenoxy) is 1. The molecule has 4 heteroatoms. The second kappa shape index (κ2) is 4.38. The summed E-state index contributed by atoms with van der Waals surface area (Å²) >= 11 is 0. The van der Waals surface area contributed by atoms with E-state index in [1.807, 2.05) is 6.07 Å². The van der Waals surface area contributed by atoms with Crippen molar-refractivity contribution in [1.82, 2.24) is 0 Å². The predicted octanol–water partition coefficient (Wildman–Crippen LogP) is 1.72.